The predicted molar refractivity (Wildman–Crippen MR) is 91.0 cm³/mol. The molecule has 0 radical (unpaired) electrons. The van der Waals surface area contributed by atoms with E-state index in [9.17, 15) is 14.6 Å². The van der Waals surface area contributed by atoms with Gasteiger partial charge in [-0.25, -0.2) is 4.39 Å². The molecule has 1 aromatic carbocycles. The fourth-order valence-electron chi connectivity index (χ4n) is 2.52. The van der Waals surface area contributed by atoms with Gasteiger partial charge < -0.3 is 15.1 Å². The minimum absolute atomic E-state index is 0.0143. The SMILES string of the molecule is Cc1ncc(CO)c(C=NC[C@@H](c2cccc(F)c2)[NH+](C)C)c1O. The third kappa shape index (κ3) is 4.15. The molecule has 1 heterocycles. The van der Waals surface area contributed by atoms with Crippen molar-refractivity contribution in [2.24, 2.45) is 4.99 Å². The number of aromatic nitrogens is 1. The smallest absolute Gasteiger partial charge is 0.145 e. The molecule has 2 aromatic rings. The van der Waals surface area contributed by atoms with Crippen molar-refractivity contribution in [3.05, 3.63) is 58.7 Å². The van der Waals surface area contributed by atoms with Crippen LogP contribution >= 0.6 is 0 Å². The Labute approximate surface area is 141 Å². The van der Waals surface area contributed by atoms with Gasteiger partial charge in [-0.1, -0.05) is 12.1 Å². The lowest BCUT2D eigenvalue weighted by Crippen LogP contribution is -3.06. The summed E-state index contributed by atoms with van der Waals surface area (Å²) in [7, 11) is 3.97. The number of hydrogen-bond donors (Lipinski definition) is 3. The topological polar surface area (TPSA) is 70.2 Å². The van der Waals surface area contributed by atoms with E-state index in [0.29, 0.717) is 23.4 Å². The largest absolute Gasteiger partial charge is 0.505 e. The number of nitrogens with zero attached hydrogens (tertiary/aromatic N) is 2. The number of aliphatic hydroxyl groups is 1. The molecule has 0 fully saturated rings. The Morgan fingerprint density at radius 3 is 2.75 bits per heavy atom. The lowest BCUT2D eigenvalue weighted by atomic mass is 10.1. The van der Waals surface area contributed by atoms with Gasteiger partial charge in [-0.3, -0.25) is 9.98 Å². The summed E-state index contributed by atoms with van der Waals surface area (Å²) in [6.45, 7) is 1.89. The van der Waals surface area contributed by atoms with Crippen molar-refractivity contribution in [3.8, 4) is 5.75 Å². The number of benzene rings is 1. The first-order chi connectivity index (χ1) is 11.4. The van der Waals surface area contributed by atoms with Crippen LogP contribution in [0.25, 0.3) is 0 Å². The summed E-state index contributed by atoms with van der Waals surface area (Å²) < 4.78 is 13.5. The molecule has 0 aliphatic rings. The van der Waals surface area contributed by atoms with Crippen molar-refractivity contribution >= 4 is 6.21 Å². The second-order valence-electron chi connectivity index (χ2n) is 5.97. The summed E-state index contributed by atoms with van der Waals surface area (Å²) in [6, 6.07) is 6.48. The summed E-state index contributed by atoms with van der Waals surface area (Å²) in [5, 5.41) is 19.5. The molecule has 0 aliphatic heterocycles. The van der Waals surface area contributed by atoms with Crippen molar-refractivity contribution in [2.75, 3.05) is 20.6 Å². The number of nitrogens with one attached hydrogen (secondary N) is 1. The summed E-state index contributed by atoms with van der Waals surface area (Å²) >= 11 is 0. The van der Waals surface area contributed by atoms with Crippen LogP contribution in [-0.4, -0.2) is 42.1 Å². The number of halogens is 1. The molecule has 5 nitrogen and oxygen atoms in total. The van der Waals surface area contributed by atoms with Crippen LogP contribution in [0.15, 0.2) is 35.5 Å². The lowest BCUT2D eigenvalue weighted by molar-refractivity contribution is -0.890. The first-order valence-electron chi connectivity index (χ1n) is 7.77. The normalized spacial score (nSPS) is 12.9. The van der Waals surface area contributed by atoms with Crippen molar-refractivity contribution < 1.29 is 19.5 Å². The molecule has 0 amide bonds. The summed E-state index contributed by atoms with van der Waals surface area (Å²) in [6.07, 6.45) is 3.07. The van der Waals surface area contributed by atoms with Gasteiger partial charge in [-0.05, 0) is 19.1 Å². The highest BCUT2D eigenvalue weighted by Gasteiger charge is 2.18. The molecule has 24 heavy (non-hydrogen) atoms. The second-order valence-corrected chi connectivity index (χ2v) is 5.97. The maximum absolute atomic E-state index is 13.5. The molecule has 3 N–H and O–H groups in total. The van der Waals surface area contributed by atoms with E-state index in [1.54, 1.807) is 19.2 Å². The first-order valence-corrected chi connectivity index (χ1v) is 7.77. The molecular weight excluding hydrogens is 309 g/mol. The predicted octanol–water partition coefficient (Wildman–Crippen LogP) is 1.03. The molecule has 2 rings (SSSR count). The van der Waals surface area contributed by atoms with Crippen LogP contribution in [0.3, 0.4) is 0 Å². The Bertz CT molecular complexity index is 732. The van der Waals surface area contributed by atoms with Crippen LogP contribution < -0.4 is 4.90 Å². The molecule has 0 saturated heterocycles. The molecular formula is C18H23FN3O2+. The zero-order valence-electron chi connectivity index (χ0n) is 14.1. The van der Waals surface area contributed by atoms with E-state index >= 15 is 0 Å². The van der Waals surface area contributed by atoms with Gasteiger partial charge in [0.1, 0.15) is 17.6 Å². The fourth-order valence-corrected chi connectivity index (χ4v) is 2.52. The number of quaternary nitrogens is 1. The van der Waals surface area contributed by atoms with E-state index in [1.165, 1.54) is 18.3 Å². The Hall–Kier alpha value is -2.31. The highest BCUT2D eigenvalue weighted by Crippen LogP contribution is 2.22. The van der Waals surface area contributed by atoms with E-state index in [-0.39, 0.29) is 24.2 Å². The van der Waals surface area contributed by atoms with Crippen LogP contribution in [0.5, 0.6) is 5.75 Å². The van der Waals surface area contributed by atoms with Gasteiger partial charge in [0.05, 0.1) is 32.9 Å². The molecule has 0 unspecified atom stereocenters. The van der Waals surface area contributed by atoms with Crippen LogP contribution in [0.2, 0.25) is 0 Å². The number of aromatic hydroxyl groups is 1. The minimum atomic E-state index is -0.271. The number of aryl methyl sites for hydroxylation is 1. The first kappa shape index (κ1) is 18.0. The number of pyridine rings is 1. The number of hydrogen-bond acceptors (Lipinski definition) is 4. The molecule has 0 spiro atoms. The number of likely N-dealkylation sites (N-methyl/N-ethyl adjacent to an activating group) is 1. The molecule has 0 aliphatic carbocycles. The quantitative estimate of drug-likeness (QED) is 0.692. The third-order valence-electron chi connectivity index (χ3n) is 3.98. The minimum Gasteiger partial charge on any atom is -0.505 e. The maximum atomic E-state index is 13.5. The Balaban J connectivity index is 2.24. The van der Waals surface area contributed by atoms with Crippen molar-refractivity contribution in [1.29, 1.82) is 0 Å². The summed E-state index contributed by atoms with van der Waals surface area (Å²) in [5.74, 6) is -0.252. The summed E-state index contributed by atoms with van der Waals surface area (Å²) in [4.78, 5) is 9.55. The number of rotatable bonds is 6. The van der Waals surface area contributed by atoms with E-state index in [1.807, 2.05) is 20.2 Å². The molecule has 1 aromatic heterocycles. The van der Waals surface area contributed by atoms with Gasteiger partial charge in [0.2, 0.25) is 0 Å². The van der Waals surface area contributed by atoms with Crippen molar-refractivity contribution in [3.63, 3.8) is 0 Å². The maximum Gasteiger partial charge on any atom is 0.145 e. The van der Waals surface area contributed by atoms with Gasteiger partial charge in [0.15, 0.2) is 0 Å². The molecule has 6 heteroatoms. The zero-order chi connectivity index (χ0) is 17.7. The van der Waals surface area contributed by atoms with Crippen LogP contribution in [0, 0.1) is 12.7 Å². The van der Waals surface area contributed by atoms with Crippen molar-refractivity contribution in [1.82, 2.24) is 4.98 Å². The number of aliphatic hydroxyl groups excluding tert-OH is 1. The standard InChI is InChI=1S/C18H22FN3O2/c1-12-18(24)16(14(11-23)8-21-12)9-20-10-17(22(2)3)13-5-4-6-15(19)7-13/h4-9,17,23-24H,10-11H2,1-3H3/p+1/t17-/m0/s1. The lowest BCUT2D eigenvalue weighted by Gasteiger charge is -2.20. The molecule has 128 valence electrons. The zero-order valence-corrected chi connectivity index (χ0v) is 14.1. The molecule has 1 atom stereocenters. The highest BCUT2D eigenvalue weighted by atomic mass is 19.1. The van der Waals surface area contributed by atoms with Crippen LogP contribution in [-0.2, 0) is 6.61 Å². The average molecular weight is 332 g/mol. The van der Waals surface area contributed by atoms with Gasteiger partial charge >= 0.3 is 0 Å². The average Bonchev–Trinajstić information content (AvgIpc) is 2.55. The fraction of sp³-hybridized carbons (Fsp3) is 0.333. The van der Waals surface area contributed by atoms with E-state index < -0.39 is 0 Å². The second kappa shape index (κ2) is 7.99. The van der Waals surface area contributed by atoms with Crippen LogP contribution in [0.1, 0.15) is 28.4 Å². The highest BCUT2D eigenvalue weighted by molar-refractivity contribution is 5.85. The van der Waals surface area contributed by atoms with E-state index in [4.69, 9.17) is 0 Å². The van der Waals surface area contributed by atoms with Gasteiger partial charge in [-0.15, -0.1) is 0 Å². The Morgan fingerprint density at radius 1 is 1.38 bits per heavy atom. The molecule has 0 bridgehead atoms. The Morgan fingerprint density at radius 2 is 2.12 bits per heavy atom. The summed E-state index contributed by atoms with van der Waals surface area (Å²) in [5.41, 5.74) is 2.33. The van der Waals surface area contributed by atoms with Gasteiger partial charge in [0, 0.05) is 29.1 Å². The number of aliphatic imine (C=N–C) groups is 1. The third-order valence-corrected chi connectivity index (χ3v) is 3.98. The van der Waals surface area contributed by atoms with Crippen molar-refractivity contribution in [2.45, 2.75) is 19.6 Å². The van der Waals surface area contributed by atoms with Gasteiger partial charge in [-0.2, -0.15) is 0 Å². The van der Waals surface area contributed by atoms with E-state index in [0.717, 1.165) is 10.5 Å². The van der Waals surface area contributed by atoms with Crippen LogP contribution in [0.4, 0.5) is 4.39 Å². The monoisotopic (exact) mass is 332 g/mol. The molecule has 0 saturated carbocycles. The Kier molecular flexibility index (Phi) is 6.00. The van der Waals surface area contributed by atoms with Gasteiger partial charge in [0.25, 0.3) is 0 Å². The van der Waals surface area contributed by atoms with E-state index in [2.05, 4.69) is 9.98 Å².